The van der Waals surface area contributed by atoms with Gasteiger partial charge in [0, 0.05) is 0 Å². The van der Waals surface area contributed by atoms with Gasteiger partial charge in [-0.1, -0.05) is 6.07 Å². The summed E-state index contributed by atoms with van der Waals surface area (Å²) in [4.78, 5) is 10.7. The molecule has 0 unspecified atom stereocenters. The Labute approximate surface area is 102 Å². The molecule has 0 bridgehead atoms. The summed E-state index contributed by atoms with van der Waals surface area (Å²) in [5.41, 5.74) is 4.87. The van der Waals surface area contributed by atoms with Crippen LogP contribution in [0.5, 0.6) is 5.75 Å². The second kappa shape index (κ2) is 3.97. The highest BCUT2D eigenvalue weighted by Gasteiger charge is 2.14. The molecule has 0 aliphatic rings. The molecule has 2 rings (SSSR count). The standard InChI is InChI=1S/C11H8NO5S/c12-11(14)9-4-6-1-2-8(18(15,16)17)3-7(6)5-10(9)13/h1-5H,(H2,12,14)(H,15,16,17). The predicted molar refractivity (Wildman–Crippen MR) is 62.4 cm³/mol. The second-order valence-electron chi connectivity index (χ2n) is 3.70. The van der Waals surface area contributed by atoms with Crippen LogP contribution in [0.2, 0.25) is 0 Å². The summed E-state index contributed by atoms with van der Waals surface area (Å²) in [7, 11) is -4.33. The van der Waals surface area contributed by atoms with Gasteiger partial charge in [-0.15, -0.1) is 0 Å². The zero-order chi connectivity index (χ0) is 13.5. The van der Waals surface area contributed by atoms with Gasteiger partial charge in [0.1, 0.15) is 0 Å². The van der Waals surface area contributed by atoms with Crippen molar-refractivity contribution < 1.29 is 22.9 Å². The maximum Gasteiger partial charge on any atom is 0.294 e. The first-order valence-electron chi connectivity index (χ1n) is 4.81. The Hall–Kier alpha value is -2.12. The first-order valence-corrected chi connectivity index (χ1v) is 6.25. The van der Waals surface area contributed by atoms with E-state index in [1.54, 1.807) is 0 Å². The number of primary amides is 1. The number of benzene rings is 2. The van der Waals surface area contributed by atoms with Crippen molar-refractivity contribution in [2.24, 2.45) is 5.73 Å². The molecule has 1 amide bonds. The second-order valence-corrected chi connectivity index (χ2v) is 5.12. The van der Waals surface area contributed by atoms with Gasteiger partial charge in [-0.2, -0.15) is 8.42 Å². The lowest BCUT2D eigenvalue weighted by atomic mass is 10.1. The van der Waals surface area contributed by atoms with Gasteiger partial charge in [0.25, 0.3) is 16.0 Å². The van der Waals surface area contributed by atoms with Crippen LogP contribution in [0.1, 0.15) is 10.4 Å². The van der Waals surface area contributed by atoms with Crippen molar-refractivity contribution in [1.29, 1.82) is 0 Å². The number of hydrogen-bond acceptors (Lipinski definition) is 3. The molecule has 0 saturated heterocycles. The number of nitrogens with two attached hydrogens (primary N) is 1. The zero-order valence-electron chi connectivity index (χ0n) is 8.95. The molecule has 1 radical (unpaired) electrons. The van der Waals surface area contributed by atoms with Gasteiger partial charge < -0.3 is 5.73 Å². The van der Waals surface area contributed by atoms with E-state index in [4.69, 9.17) is 10.3 Å². The Bertz CT molecular complexity index is 751. The van der Waals surface area contributed by atoms with Crippen LogP contribution < -0.4 is 5.73 Å². The Kier molecular flexibility index (Phi) is 2.72. The van der Waals surface area contributed by atoms with Crippen LogP contribution >= 0.6 is 0 Å². The number of carbonyl (C=O) groups is 1. The lowest BCUT2D eigenvalue weighted by Crippen LogP contribution is -2.10. The van der Waals surface area contributed by atoms with Crippen LogP contribution in [0.15, 0.2) is 35.2 Å². The molecule has 2 aromatic carbocycles. The number of carbonyl (C=O) groups excluding carboxylic acids is 1. The highest BCUT2D eigenvalue weighted by molar-refractivity contribution is 7.85. The molecule has 18 heavy (non-hydrogen) atoms. The summed E-state index contributed by atoms with van der Waals surface area (Å²) in [6, 6.07) is 6.09. The average Bonchev–Trinajstić information content (AvgIpc) is 2.25. The highest BCUT2D eigenvalue weighted by atomic mass is 32.2. The first-order chi connectivity index (χ1) is 8.29. The van der Waals surface area contributed by atoms with E-state index in [9.17, 15) is 18.3 Å². The molecule has 0 saturated carbocycles. The van der Waals surface area contributed by atoms with Gasteiger partial charge >= 0.3 is 0 Å². The van der Waals surface area contributed by atoms with E-state index in [0.29, 0.717) is 10.8 Å². The van der Waals surface area contributed by atoms with Gasteiger partial charge in [0.15, 0.2) is 5.75 Å². The molecule has 6 nitrogen and oxygen atoms in total. The van der Waals surface area contributed by atoms with E-state index in [1.807, 2.05) is 0 Å². The Morgan fingerprint density at radius 3 is 2.33 bits per heavy atom. The fraction of sp³-hybridized carbons (Fsp3) is 0. The van der Waals surface area contributed by atoms with Crippen molar-refractivity contribution >= 4 is 26.8 Å². The van der Waals surface area contributed by atoms with Gasteiger partial charge in [0.2, 0.25) is 0 Å². The average molecular weight is 266 g/mol. The van der Waals surface area contributed by atoms with E-state index >= 15 is 0 Å². The summed E-state index contributed by atoms with van der Waals surface area (Å²) >= 11 is 0. The van der Waals surface area contributed by atoms with Gasteiger partial charge in [-0.05, 0) is 35.0 Å². The van der Waals surface area contributed by atoms with E-state index < -0.39 is 21.8 Å². The maximum absolute atomic E-state index is 11.5. The number of fused-ring (bicyclic) bond motifs is 1. The summed E-state index contributed by atoms with van der Waals surface area (Å²) < 4.78 is 30.8. The molecule has 93 valence electrons. The topological polar surface area (TPSA) is 117 Å². The van der Waals surface area contributed by atoms with Crippen LogP contribution in [0.3, 0.4) is 0 Å². The quantitative estimate of drug-likeness (QED) is 0.797. The largest absolute Gasteiger partial charge is 0.365 e. The lowest BCUT2D eigenvalue weighted by Gasteiger charge is -2.03. The lowest BCUT2D eigenvalue weighted by molar-refractivity contribution is 0.0996. The SMILES string of the molecule is NC(=O)c1cc2ccc(S(=O)(=O)O)cc2cc1[O]. The Morgan fingerprint density at radius 2 is 1.78 bits per heavy atom. The van der Waals surface area contributed by atoms with Crippen molar-refractivity contribution in [3.63, 3.8) is 0 Å². The summed E-state index contributed by atoms with van der Waals surface area (Å²) in [5, 5.41) is 12.3. The van der Waals surface area contributed by atoms with E-state index in [2.05, 4.69) is 0 Å². The third kappa shape index (κ3) is 2.13. The summed E-state index contributed by atoms with van der Waals surface area (Å²) in [6.07, 6.45) is 0. The zero-order valence-corrected chi connectivity index (χ0v) is 9.77. The number of hydrogen-bond donors (Lipinski definition) is 2. The van der Waals surface area contributed by atoms with Crippen molar-refractivity contribution in [3.05, 3.63) is 35.9 Å². The van der Waals surface area contributed by atoms with Crippen LogP contribution in [0, 0.1) is 0 Å². The van der Waals surface area contributed by atoms with Crippen molar-refractivity contribution in [1.82, 2.24) is 0 Å². The van der Waals surface area contributed by atoms with Gasteiger partial charge in [0.05, 0.1) is 10.5 Å². The Morgan fingerprint density at radius 1 is 1.11 bits per heavy atom. The normalized spacial score (nSPS) is 11.6. The first kappa shape index (κ1) is 12.3. The molecule has 2 aromatic rings. The predicted octanol–water partition coefficient (Wildman–Crippen LogP) is 1.33. The van der Waals surface area contributed by atoms with E-state index in [-0.39, 0.29) is 10.5 Å². The molecule has 0 spiro atoms. The fourth-order valence-electron chi connectivity index (χ4n) is 1.61. The molecule has 0 atom stereocenters. The molecule has 0 aliphatic heterocycles. The third-order valence-corrected chi connectivity index (χ3v) is 3.32. The van der Waals surface area contributed by atoms with E-state index in [0.717, 1.165) is 12.1 Å². The third-order valence-electron chi connectivity index (χ3n) is 2.47. The van der Waals surface area contributed by atoms with Gasteiger partial charge in [-0.25, -0.2) is 0 Å². The molecule has 0 fully saturated rings. The molecule has 3 N–H and O–H groups in total. The van der Waals surface area contributed by atoms with Crippen molar-refractivity contribution in [3.8, 4) is 5.75 Å². The summed E-state index contributed by atoms with van der Waals surface area (Å²) in [6.45, 7) is 0. The number of amides is 1. The fourth-order valence-corrected chi connectivity index (χ4v) is 2.12. The smallest absolute Gasteiger partial charge is 0.294 e. The van der Waals surface area contributed by atoms with Crippen LogP contribution in [0.4, 0.5) is 0 Å². The van der Waals surface area contributed by atoms with Gasteiger partial charge in [-0.3, -0.25) is 14.5 Å². The highest BCUT2D eigenvalue weighted by Crippen LogP contribution is 2.27. The maximum atomic E-state index is 11.5. The molecule has 0 aromatic heterocycles. The summed E-state index contributed by atoms with van der Waals surface area (Å²) in [5.74, 6) is -1.44. The minimum Gasteiger partial charge on any atom is -0.365 e. The minimum absolute atomic E-state index is 0.165. The Balaban J connectivity index is 2.74. The van der Waals surface area contributed by atoms with Crippen LogP contribution in [0.25, 0.3) is 10.8 Å². The van der Waals surface area contributed by atoms with E-state index in [1.165, 1.54) is 18.2 Å². The molecular formula is C11H8NO5S. The van der Waals surface area contributed by atoms with Crippen LogP contribution in [-0.4, -0.2) is 18.9 Å². The minimum atomic E-state index is -4.33. The molecular weight excluding hydrogens is 258 g/mol. The molecule has 0 heterocycles. The number of rotatable bonds is 2. The van der Waals surface area contributed by atoms with Crippen molar-refractivity contribution in [2.45, 2.75) is 4.90 Å². The van der Waals surface area contributed by atoms with Crippen LogP contribution in [-0.2, 0) is 15.2 Å². The molecule has 7 heteroatoms. The molecule has 0 aliphatic carbocycles. The monoisotopic (exact) mass is 266 g/mol. The van der Waals surface area contributed by atoms with Crippen molar-refractivity contribution in [2.75, 3.05) is 0 Å².